The van der Waals surface area contributed by atoms with E-state index in [0.717, 1.165) is 17.0 Å². The van der Waals surface area contributed by atoms with Crippen LogP contribution in [0.15, 0.2) is 66.1 Å². The van der Waals surface area contributed by atoms with Gasteiger partial charge < -0.3 is 10.2 Å². The zero-order valence-electron chi connectivity index (χ0n) is 18.3. The van der Waals surface area contributed by atoms with Gasteiger partial charge in [-0.05, 0) is 48.4 Å². The van der Waals surface area contributed by atoms with Gasteiger partial charge in [-0.3, -0.25) is 9.59 Å². The van der Waals surface area contributed by atoms with Crippen molar-refractivity contribution in [3.8, 4) is 0 Å². The van der Waals surface area contributed by atoms with E-state index in [2.05, 4.69) is 10.0 Å². The van der Waals surface area contributed by atoms with Crippen LogP contribution in [-0.2, 0) is 21.4 Å². The largest absolute Gasteiger partial charge is 0.348 e. The molecule has 4 rings (SSSR count). The number of hydrogen-bond acceptors (Lipinski definition) is 5. The molecule has 1 fully saturated rings. The van der Waals surface area contributed by atoms with Crippen LogP contribution in [0.5, 0.6) is 0 Å². The molecule has 35 heavy (non-hydrogen) atoms. The molecule has 182 valence electrons. The second-order valence-electron chi connectivity index (χ2n) is 7.77. The predicted octanol–water partition coefficient (Wildman–Crippen LogP) is 4.17. The van der Waals surface area contributed by atoms with Crippen molar-refractivity contribution in [2.75, 3.05) is 11.4 Å². The van der Waals surface area contributed by atoms with Crippen LogP contribution in [0.25, 0.3) is 6.08 Å². The van der Waals surface area contributed by atoms with Crippen LogP contribution >= 0.6 is 22.9 Å². The second kappa shape index (κ2) is 10.7. The summed E-state index contributed by atoms with van der Waals surface area (Å²) < 4.78 is 42.5. The van der Waals surface area contributed by atoms with Crippen LogP contribution < -0.4 is 14.9 Å². The van der Waals surface area contributed by atoms with Gasteiger partial charge in [-0.25, -0.2) is 12.8 Å². The summed E-state index contributed by atoms with van der Waals surface area (Å²) >= 11 is 7.06. The van der Waals surface area contributed by atoms with Crippen molar-refractivity contribution < 1.29 is 22.4 Å². The van der Waals surface area contributed by atoms with Crippen LogP contribution in [0.4, 0.5) is 10.1 Å². The number of nitrogens with one attached hydrogen (secondary N) is 2. The maximum Gasteiger partial charge on any atom is 0.251 e. The molecule has 1 saturated heterocycles. The molecule has 0 aliphatic carbocycles. The third-order valence-corrected chi connectivity index (χ3v) is 7.62. The van der Waals surface area contributed by atoms with Gasteiger partial charge in [-0.15, -0.1) is 11.3 Å². The van der Waals surface area contributed by atoms with Crippen LogP contribution in [0.3, 0.4) is 0 Å². The minimum Gasteiger partial charge on any atom is -0.348 e. The molecule has 0 bridgehead atoms. The Hall–Kier alpha value is -3.05. The number of benzene rings is 2. The number of amides is 2. The number of anilines is 1. The first-order chi connectivity index (χ1) is 16.7. The summed E-state index contributed by atoms with van der Waals surface area (Å²) in [6.07, 6.45) is 1.56. The zero-order valence-corrected chi connectivity index (χ0v) is 20.7. The SMILES string of the molecule is O=C(NCc1ccccc1)c1ccc(N2CCC(NS(=O)(=O)C=Cc3ccc(Cl)s3)C2=O)c(F)c1. The summed E-state index contributed by atoms with van der Waals surface area (Å²) in [7, 11) is -3.91. The molecule has 2 heterocycles. The predicted molar refractivity (Wildman–Crippen MR) is 135 cm³/mol. The van der Waals surface area contributed by atoms with Gasteiger partial charge in [0.05, 0.1) is 10.0 Å². The number of carbonyl (C=O) groups excluding carboxylic acids is 2. The first-order valence-electron chi connectivity index (χ1n) is 10.6. The number of nitrogens with zero attached hydrogens (tertiary/aromatic N) is 1. The highest BCUT2D eigenvalue weighted by atomic mass is 35.5. The van der Waals surface area contributed by atoms with Crippen molar-refractivity contribution in [1.82, 2.24) is 10.0 Å². The van der Waals surface area contributed by atoms with Crippen molar-refractivity contribution >= 4 is 56.5 Å². The van der Waals surface area contributed by atoms with Gasteiger partial charge in [0.1, 0.15) is 11.9 Å². The molecule has 7 nitrogen and oxygen atoms in total. The van der Waals surface area contributed by atoms with E-state index < -0.39 is 33.7 Å². The Morgan fingerprint density at radius 2 is 1.94 bits per heavy atom. The second-order valence-corrected chi connectivity index (χ2v) is 11.1. The smallest absolute Gasteiger partial charge is 0.251 e. The lowest BCUT2D eigenvalue weighted by Crippen LogP contribution is -2.40. The van der Waals surface area contributed by atoms with Crippen LogP contribution in [0.1, 0.15) is 27.2 Å². The van der Waals surface area contributed by atoms with E-state index in [1.165, 1.54) is 34.4 Å². The lowest BCUT2D eigenvalue weighted by molar-refractivity contribution is -0.118. The number of halogens is 2. The molecule has 1 aromatic heterocycles. The van der Waals surface area contributed by atoms with Crippen molar-refractivity contribution in [2.45, 2.75) is 19.0 Å². The van der Waals surface area contributed by atoms with Crippen LogP contribution in [0, 0.1) is 5.82 Å². The Kier molecular flexibility index (Phi) is 7.66. The summed E-state index contributed by atoms with van der Waals surface area (Å²) in [6.45, 7) is 0.427. The first-order valence-corrected chi connectivity index (χ1v) is 13.3. The molecule has 2 aromatic carbocycles. The maximum atomic E-state index is 14.8. The molecule has 11 heteroatoms. The lowest BCUT2D eigenvalue weighted by atomic mass is 10.1. The number of sulfonamides is 1. The molecular formula is C24H21ClFN3O4S2. The Bertz CT molecular complexity index is 1380. The van der Waals surface area contributed by atoms with Gasteiger partial charge in [0.2, 0.25) is 15.9 Å². The summed E-state index contributed by atoms with van der Waals surface area (Å²) in [6, 6.07) is 15.4. The van der Waals surface area contributed by atoms with Crippen molar-refractivity contribution in [3.05, 3.63) is 92.2 Å². The average molecular weight is 534 g/mol. The molecular weight excluding hydrogens is 513 g/mol. The molecule has 3 aromatic rings. The van der Waals surface area contributed by atoms with E-state index in [0.29, 0.717) is 15.8 Å². The van der Waals surface area contributed by atoms with Gasteiger partial charge in [0, 0.05) is 28.9 Å². The molecule has 0 radical (unpaired) electrons. The molecule has 0 saturated carbocycles. The quantitative estimate of drug-likeness (QED) is 0.454. The van der Waals surface area contributed by atoms with Crippen LogP contribution in [-0.4, -0.2) is 32.8 Å². The number of thiophene rings is 1. The van der Waals surface area contributed by atoms with Gasteiger partial charge in [0.25, 0.3) is 5.91 Å². The summed E-state index contributed by atoms with van der Waals surface area (Å²) in [5.74, 6) is -1.76. The van der Waals surface area contributed by atoms with E-state index in [1.807, 2.05) is 30.3 Å². The Labute approximate surface area is 211 Å². The van der Waals surface area contributed by atoms with E-state index in [-0.39, 0.29) is 24.2 Å². The standard InChI is InChI=1S/C24H21ClFN3O4S2/c25-22-9-7-18(34-22)11-13-35(32,33)28-20-10-12-29(24(20)31)21-8-6-17(14-19(21)26)23(30)27-15-16-4-2-1-3-5-16/h1-9,11,13-14,20,28H,10,12,15H2,(H,27,30). The fourth-order valence-electron chi connectivity index (χ4n) is 3.59. The molecule has 2 amide bonds. The lowest BCUT2D eigenvalue weighted by Gasteiger charge is -2.18. The Morgan fingerprint density at radius 1 is 1.17 bits per heavy atom. The van der Waals surface area contributed by atoms with E-state index in [1.54, 1.807) is 12.1 Å². The van der Waals surface area contributed by atoms with Crippen LogP contribution in [0.2, 0.25) is 4.34 Å². The minimum atomic E-state index is -3.91. The maximum absolute atomic E-state index is 14.8. The number of carbonyl (C=O) groups is 2. The topological polar surface area (TPSA) is 95.6 Å². The monoisotopic (exact) mass is 533 g/mol. The van der Waals surface area contributed by atoms with Gasteiger partial charge in [0.15, 0.2) is 0 Å². The number of rotatable bonds is 8. The highest BCUT2D eigenvalue weighted by Crippen LogP contribution is 2.26. The fourth-order valence-corrected chi connectivity index (χ4v) is 5.66. The van der Waals surface area contributed by atoms with Crippen molar-refractivity contribution in [1.29, 1.82) is 0 Å². The normalized spacial score (nSPS) is 16.2. The van der Waals surface area contributed by atoms with Gasteiger partial charge in [-0.1, -0.05) is 41.9 Å². The van der Waals surface area contributed by atoms with E-state index in [4.69, 9.17) is 11.6 Å². The Morgan fingerprint density at radius 3 is 2.63 bits per heavy atom. The summed E-state index contributed by atoms with van der Waals surface area (Å²) in [4.78, 5) is 27.0. The molecule has 1 unspecified atom stereocenters. The van der Waals surface area contributed by atoms with Crippen molar-refractivity contribution in [3.63, 3.8) is 0 Å². The summed E-state index contributed by atoms with van der Waals surface area (Å²) in [5.41, 5.74) is 1.01. The highest BCUT2D eigenvalue weighted by molar-refractivity contribution is 7.92. The molecule has 0 spiro atoms. The molecule has 1 atom stereocenters. The summed E-state index contributed by atoms with van der Waals surface area (Å²) in [5, 5.41) is 3.69. The minimum absolute atomic E-state index is 0.0138. The van der Waals surface area contributed by atoms with E-state index in [9.17, 15) is 22.4 Å². The highest BCUT2D eigenvalue weighted by Gasteiger charge is 2.36. The van der Waals surface area contributed by atoms with Gasteiger partial charge in [-0.2, -0.15) is 4.72 Å². The third-order valence-electron chi connectivity index (χ3n) is 5.31. The fraction of sp³-hybridized carbons (Fsp3) is 0.167. The third kappa shape index (κ3) is 6.34. The number of hydrogen-bond donors (Lipinski definition) is 2. The van der Waals surface area contributed by atoms with E-state index >= 15 is 0 Å². The molecule has 1 aliphatic rings. The molecule has 2 N–H and O–H groups in total. The average Bonchev–Trinajstić information content (AvgIpc) is 3.42. The molecule has 1 aliphatic heterocycles. The first kappa shape index (κ1) is 25.1. The Balaban J connectivity index is 1.39. The zero-order chi connectivity index (χ0) is 25.0. The van der Waals surface area contributed by atoms with Gasteiger partial charge >= 0.3 is 0 Å². The van der Waals surface area contributed by atoms with Crippen molar-refractivity contribution in [2.24, 2.45) is 0 Å².